The van der Waals surface area contributed by atoms with Crippen LogP contribution in [0, 0.1) is 5.82 Å². The van der Waals surface area contributed by atoms with Gasteiger partial charge in [-0.25, -0.2) is 14.4 Å². The van der Waals surface area contributed by atoms with Gasteiger partial charge in [0.25, 0.3) is 0 Å². The number of anilines is 1. The highest BCUT2D eigenvalue weighted by Gasteiger charge is 2.10. The summed E-state index contributed by atoms with van der Waals surface area (Å²) in [6.45, 7) is 4.99. The van der Waals surface area contributed by atoms with Crippen molar-refractivity contribution >= 4 is 21.7 Å². The van der Waals surface area contributed by atoms with E-state index in [1.165, 1.54) is 12.1 Å². The molecular weight excluding hydrogens is 321 g/mol. The molecule has 5 heteroatoms. The highest BCUT2D eigenvalue weighted by molar-refractivity contribution is 9.10. The van der Waals surface area contributed by atoms with E-state index in [-0.39, 0.29) is 5.82 Å². The summed E-state index contributed by atoms with van der Waals surface area (Å²) in [5, 5.41) is 3.25. The molecule has 1 N–H and O–H groups in total. The summed E-state index contributed by atoms with van der Waals surface area (Å²) in [5.74, 6) is 1.02. The third kappa shape index (κ3) is 3.54. The summed E-state index contributed by atoms with van der Waals surface area (Å²) in [7, 11) is 0. The van der Waals surface area contributed by atoms with E-state index in [2.05, 4.69) is 38.1 Å². The van der Waals surface area contributed by atoms with Crippen LogP contribution in [0.15, 0.2) is 28.7 Å². The van der Waals surface area contributed by atoms with Gasteiger partial charge in [-0.15, -0.1) is 0 Å². The Hall–Kier alpha value is -1.49. The number of rotatable bonds is 5. The smallest absolute Gasteiger partial charge is 0.162 e. The number of nitrogens with zero attached hydrogens (tertiary/aromatic N) is 2. The van der Waals surface area contributed by atoms with Gasteiger partial charge in [-0.1, -0.05) is 29.8 Å². The normalized spacial score (nSPS) is 10.6. The van der Waals surface area contributed by atoms with Crippen LogP contribution in [-0.2, 0) is 6.42 Å². The second-order valence-corrected chi connectivity index (χ2v) is 5.33. The van der Waals surface area contributed by atoms with E-state index in [0.29, 0.717) is 11.4 Å². The fourth-order valence-electron chi connectivity index (χ4n) is 1.81. The molecule has 0 unspecified atom stereocenters. The predicted molar refractivity (Wildman–Crippen MR) is 83.3 cm³/mol. The Morgan fingerprint density at radius 3 is 2.70 bits per heavy atom. The van der Waals surface area contributed by atoms with Crippen LogP contribution in [0.25, 0.3) is 11.4 Å². The molecule has 1 aromatic carbocycles. The lowest BCUT2D eigenvalue weighted by molar-refractivity contribution is 0.628. The van der Waals surface area contributed by atoms with Crippen LogP contribution in [0.2, 0.25) is 0 Å². The van der Waals surface area contributed by atoms with Gasteiger partial charge in [-0.05, 0) is 31.0 Å². The third-order valence-electron chi connectivity index (χ3n) is 2.87. The van der Waals surface area contributed by atoms with Crippen molar-refractivity contribution in [1.29, 1.82) is 0 Å². The maximum atomic E-state index is 13.4. The fraction of sp³-hybridized carbons (Fsp3) is 0.333. The molecule has 0 atom stereocenters. The largest absolute Gasteiger partial charge is 0.370 e. The number of benzene rings is 1. The first-order valence-electron chi connectivity index (χ1n) is 6.71. The first-order chi connectivity index (χ1) is 9.63. The van der Waals surface area contributed by atoms with Gasteiger partial charge in [-0.2, -0.15) is 0 Å². The Kier molecular flexibility index (Phi) is 5.06. The maximum absolute atomic E-state index is 13.4. The standard InChI is InChI=1S/C15H17BrFN3/c1-3-7-18-14-9-11(4-2)19-15(20-14)12-8-10(17)5-6-13(12)16/h5-6,8-9H,3-4,7H2,1-2H3,(H,18,19,20). The quantitative estimate of drug-likeness (QED) is 0.876. The summed E-state index contributed by atoms with van der Waals surface area (Å²) in [6, 6.07) is 6.47. The number of hydrogen-bond donors (Lipinski definition) is 1. The molecule has 0 radical (unpaired) electrons. The van der Waals surface area contributed by atoms with Gasteiger partial charge in [0.1, 0.15) is 11.6 Å². The lowest BCUT2D eigenvalue weighted by atomic mass is 10.2. The minimum Gasteiger partial charge on any atom is -0.370 e. The van der Waals surface area contributed by atoms with Gasteiger partial charge in [0.05, 0.1) is 0 Å². The summed E-state index contributed by atoms with van der Waals surface area (Å²) in [4.78, 5) is 8.96. The molecule has 3 nitrogen and oxygen atoms in total. The van der Waals surface area contributed by atoms with Crippen LogP contribution in [0.4, 0.5) is 10.2 Å². The molecule has 1 heterocycles. The van der Waals surface area contributed by atoms with Crippen LogP contribution >= 0.6 is 15.9 Å². The zero-order valence-corrected chi connectivity index (χ0v) is 13.2. The molecule has 0 aliphatic rings. The molecule has 0 amide bonds. The van der Waals surface area contributed by atoms with Gasteiger partial charge < -0.3 is 5.32 Å². The van der Waals surface area contributed by atoms with Crippen molar-refractivity contribution in [1.82, 2.24) is 9.97 Å². The summed E-state index contributed by atoms with van der Waals surface area (Å²) >= 11 is 3.42. The van der Waals surface area contributed by atoms with Gasteiger partial charge in [0.2, 0.25) is 0 Å². The highest BCUT2D eigenvalue weighted by Crippen LogP contribution is 2.27. The molecule has 0 bridgehead atoms. The van der Waals surface area contributed by atoms with Crippen molar-refractivity contribution in [3.63, 3.8) is 0 Å². The number of hydrogen-bond acceptors (Lipinski definition) is 3. The van der Waals surface area contributed by atoms with Gasteiger partial charge in [0, 0.05) is 28.3 Å². The summed E-state index contributed by atoms with van der Waals surface area (Å²) in [5.41, 5.74) is 1.60. The molecule has 0 aliphatic carbocycles. The topological polar surface area (TPSA) is 37.8 Å². The van der Waals surface area contributed by atoms with Crippen LogP contribution in [0.5, 0.6) is 0 Å². The van der Waals surface area contributed by atoms with Gasteiger partial charge in [-0.3, -0.25) is 0 Å². The van der Waals surface area contributed by atoms with Crippen molar-refractivity contribution in [2.75, 3.05) is 11.9 Å². The molecule has 2 rings (SSSR count). The van der Waals surface area contributed by atoms with E-state index >= 15 is 0 Å². The van der Waals surface area contributed by atoms with Crippen molar-refractivity contribution in [2.45, 2.75) is 26.7 Å². The average Bonchev–Trinajstić information content (AvgIpc) is 2.47. The average molecular weight is 338 g/mol. The molecule has 106 valence electrons. The Bertz CT molecular complexity index is 602. The zero-order valence-electron chi connectivity index (χ0n) is 11.6. The first kappa shape index (κ1) is 14.9. The summed E-state index contributed by atoms with van der Waals surface area (Å²) < 4.78 is 14.2. The van der Waals surface area contributed by atoms with Crippen LogP contribution in [0.1, 0.15) is 26.0 Å². The van der Waals surface area contributed by atoms with Crippen LogP contribution in [0.3, 0.4) is 0 Å². The lowest BCUT2D eigenvalue weighted by Crippen LogP contribution is -2.05. The number of aryl methyl sites for hydroxylation is 1. The number of halogens is 2. The van der Waals surface area contributed by atoms with Crippen molar-refractivity contribution in [3.05, 3.63) is 40.2 Å². The van der Waals surface area contributed by atoms with Gasteiger partial charge in [0.15, 0.2) is 5.82 Å². The van der Waals surface area contributed by atoms with Crippen LogP contribution < -0.4 is 5.32 Å². The second kappa shape index (κ2) is 6.79. The van der Waals surface area contributed by atoms with Crippen molar-refractivity contribution < 1.29 is 4.39 Å². The molecule has 0 aliphatic heterocycles. The first-order valence-corrected chi connectivity index (χ1v) is 7.50. The summed E-state index contributed by atoms with van der Waals surface area (Å²) in [6.07, 6.45) is 1.83. The van der Waals surface area contributed by atoms with E-state index in [1.54, 1.807) is 6.07 Å². The lowest BCUT2D eigenvalue weighted by Gasteiger charge is -2.10. The zero-order chi connectivity index (χ0) is 14.5. The van der Waals surface area contributed by atoms with E-state index in [0.717, 1.165) is 35.4 Å². The highest BCUT2D eigenvalue weighted by atomic mass is 79.9. The minimum absolute atomic E-state index is 0.295. The molecule has 1 aromatic heterocycles. The molecular formula is C15H17BrFN3. The molecule has 0 saturated carbocycles. The monoisotopic (exact) mass is 337 g/mol. The number of aromatic nitrogens is 2. The fourth-order valence-corrected chi connectivity index (χ4v) is 2.24. The molecule has 0 saturated heterocycles. The van der Waals surface area contributed by atoms with Gasteiger partial charge >= 0.3 is 0 Å². The molecule has 20 heavy (non-hydrogen) atoms. The van der Waals surface area contributed by atoms with Crippen molar-refractivity contribution in [3.8, 4) is 11.4 Å². The Balaban J connectivity index is 2.46. The Labute approximate surface area is 126 Å². The van der Waals surface area contributed by atoms with Crippen LogP contribution in [-0.4, -0.2) is 16.5 Å². The maximum Gasteiger partial charge on any atom is 0.162 e. The Morgan fingerprint density at radius 1 is 1.20 bits per heavy atom. The Morgan fingerprint density at radius 2 is 2.00 bits per heavy atom. The van der Waals surface area contributed by atoms with E-state index in [1.807, 2.05) is 13.0 Å². The predicted octanol–water partition coefficient (Wildman–Crippen LogP) is 4.43. The molecule has 0 spiro atoms. The van der Waals surface area contributed by atoms with Crippen molar-refractivity contribution in [2.24, 2.45) is 0 Å². The van der Waals surface area contributed by atoms with E-state index < -0.39 is 0 Å². The SMILES string of the molecule is CCCNc1cc(CC)nc(-c2cc(F)ccc2Br)n1. The molecule has 0 fully saturated rings. The minimum atomic E-state index is -0.295. The van der Waals surface area contributed by atoms with E-state index in [4.69, 9.17) is 0 Å². The number of nitrogens with one attached hydrogen (secondary N) is 1. The second-order valence-electron chi connectivity index (χ2n) is 4.47. The van der Waals surface area contributed by atoms with E-state index in [9.17, 15) is 4.39 Å². The third-order valence-corrected chi connectivity index (χ3v) is 3.56. The molecule has 2 aromatic rings.